The molecule has 1 unspecified atom stereocenters. The summed E-state index contributed by atoms with van der Waals surface area (Å²) in [4.78, 5) is 25.0. The minimum absolute atomic E-state index is 0.0595. The van der Waals surface area contributed by atoms with E-state index in [9.17, 15) is 9.59 Å². The summed E-state index contributed by atoms with van der Waals surface area (Å²) in [5, 5.41) is 2.94. The Hall–Kier alpha value is -1.26. The smallest absolute Gasteiger partial charge is 0.409 e. The van der Waals surface area contributed by atoms with Crippen molar-refractivity contribution in [3.05, 3.63) is 0 Å². The molecule has 1 heterocycles. The SMILES string of the molecule is COC(=O)N1CCCC(C(=O)NCCC(C)C)C1. The second kappa shape index (κ2) is 7.24. The largest absolute Gasteiger partial charge is 0.453 e. The highest BCUT2D eigenvalue weighted by Gasteiger charge is 2.28. The number of carbonyl (C=O) groups excluding carboxylic acids is 2. The fourth-order valence-electron chi connectivity index (χ4n) is 2.11. The number of piperidine rings is 1. The molecule has 0 bridgehead atoms. The average Bonchev–Trinajstić information content (AvgIpc) is 2.37. The maximum atomic E-state index is 11.9. The van der Waals surface area contributed by atoms with Crippen LogP contribution in [-0.2, 0) is 9.53 Å². The van der Waals surface area contributed by atoms with Gasteiger partial charge in [-0.05, 0) is 25.2 Å². The zero-order chi connectivity index (χ0) is 13.5. The van der Waals surface area contributed by atoms with Gasteiger partial charge in [-0.25, -0.2) is 4.79 Å². The minimum atomic E-state index is -0.338. The molecule has 0 radical (unpaired) electrons. The van der Waals surface area contributed by atoms with E-state index in [0.29, 0.717) is 25.6 Å². The van der Waals surface area contributed by atoms with Crippen LogP contribution in [0.5, 0.6) is 0 Å². The molecule has 1 aliphatic heterocycles. The van der Waals surface area contributed by atoms with Gasteiger partial charge in [-0.2, -0.15) is 0 Å². The fraction of sp³-hybridized carbons (Fsp3) is 0.846. The van der Waals surface area contributed by atoms with Crippen molar-refractivity contribution >= 4 is 12.0 Å². The molecular formula is C13H24N2O3. The van der Waals surface area contributed by atoms with Crippen LogP contribution in [0.4, 0.5) is 4.79 Å². The molecule has 5 heteroatoms. The normalized spacial score (nSPS) is 19.8. The summed E-state index contributed by atoms with van der Waals surface area (Å²) in [6.45, 7) is 6.13. The van der Waals surface area contributed by atoms with Gasteiger partial charge in [0, 0.05) is 19.6 Å². The number of hydrogen-bond donors (Lipinski definition) is 1. The van der Waals surface area contributed by atoms with Crippen LogP contribution in [0.2, 0.25) is 0 Å². The molecule has 1 aliphatic rings. The molecule has 0 aliphatic carbocycles. The van der Waals surface area contributed by atoms with E-state index in [1.54, 1.807) is 4.90 Å². The maximum absolute atomic E-state index is 11.9. The molecule has 5 nitrogen and oxygen atoms in total. The van der Waals surface area contributed by atoms with E-state index in [0.717, 1.165) is 19.3 Å². The molecule has 0 aromatic rings. The zero-order valence-corrected chi connectivity index (χ0v) is 11.6. The summed E-state index contributed by atoms with van der Waals surface area (Å²) < 4.78 is 4.69. The van der Waals surface area contributed by atoms with Gasteiger partial charge in [0.2, 0.25) is 5.91 Å². The Morgan fingerprint density at radius 3 is 2.78 bits per heavy atom. The van der Waals surface area contributed by atoms with Crippen molar-refractivity contribution in [3.8, 4) is 0 Å². The molecular weight excluding hydrogens is 232 g/mol. The van der Waals surface area contributed by atoms with E-state index >= 15 is 0 Å². The van der Waals surface area contributed by atoms with Gasteiger partial charge in [-0.1, -0.05) is 13.8 Å². The molecule has 2 amide bonds. The number of nitrogens with one attached hydrogen (secondary N) is 1. The number of ether oxygens (including phenoxy) is 1. The average molecular weight is 256 g/mol. The molecule has 18 heavy (non-hydrogen) atoms. The van der Waals surface area contributed by atoms with Crippen molar-refractivity contribution in [2.45, 2.75) is 33.1 Å². The Kier molecular flexibility index (Phi) is 5.95. The highest BCUT2D eigenvalue weighted by molar-refractivity contribution is 5.79. The summed E-state index contributed by atoms with van der Waals surface area (Å²) in [5.74, 6) is 0.553. The highest BCUT2D eigenvalue weighted by atomic mass is 16.5. The van der Waals surface area contributed by atoms with Gasteiger partial charge in [0.25, 0.3) is 0 Å². The van der Waals surface area contributed by atoms with Crippen LogP contribution in [0.15, 0.2) is 0 Å². The third-order valence-corrected chi connectivity index (χ3v) is 3.25. The Bertz CT molecular complexity index is 292. The van der Waals surface area contributed by atoms with Crippen LogP contribution in [0, 0.1) is 11.8 Å². The van der Waals surface area contributed by atoms with Crippen molar-refractivity contribution in [2.24, 2.45) is 11.8 Å². The summed E-state index contributed by atoms with van der Waals surface area (Å²) >= 11 is 0. The van der Waals surface area contributed by atoms with Gasteiger partial charge in [0.05, 0.1) is 13.0 Å². The van der Waals surface area contributed by atoms with E-state index in [1.807, 2.05) is 0 Å². The molecule has 0 saturated carbocycles. The summed E-state index contributed by atoms with van der Waals surface area (Å²) in [7, 11) is 1.37. The lowest BCUT2D eigenvalue weighted by Crippen LogP contribution is -2.45. The lowest BCUT2D eigenvalue weighted by molar-refractivity contribution is -0.126. The van der Waals surface area contributed by atoms with Gasteiger partial charge in [0.1, 0.15) is 0 Å². The number of methoxy groups -OCH3 is 1. The van der Waals surface area contributed by atoms with Crippen molar-refractivity contribution < 1.29 is 14.3 Å². The number of rotatable bonds is 4. The van der Waals surface area contributed by atoms with Crippen LogP contribution in [0.25, 0.3) is 0 Å². The molecule has 1 fully saturated rings. The van der Waals surface area contributed by atoms with Crippen molar-refractivity contribution in [1.82, 2.24) is 10.2 Å². The molecule has 0 spiro atoms. The Balaban J connectivity index is 2.36. The molecule has 1 N–H and O–H groups in total. The van der Waals surface area contributed by atoms with Gasteiger partial charge in [-0.3, -0.25) is 4.79 Å². The van der Waals surface area contributed by atoms with Crippen LogP contribution < -0.4 is 5.32 Å². The molecule has 1 atom stereocenters. The number of nitrogens with zero attached hydrogens (tertiary/aromatic N) is 1. The number of amides is 2. The van der Waals surface area contributed by atoms with Crippen LogP contribution >= 0.6 is 0 Å². The fourth-order valence-corrected chi connectivity index (χ4v) is 2.11. The van der Waals surface area contributed by atoms with Gasteiger partial charge < -0.3 is 15.0 Å². The first-order valence-electron chi connectivity index (χ1n) is 6.65. The first-order valence-corrected chi connectivity index (χ1v) is 6.65. The second-order valence-corrected chi connectivity index (χ2v) is 5.23. The summed E-state index contributed by atoms with van der Waals surface area (Å²) in [5.41, 5.74) is 0. The Morgan fingerprint density at radius 2 is 2.17 bits per heavy atom. The topological polar surface area (TPSA) is 58.6 Å². The van der Waals surface area contributed by atoms with Gasteiger partial charge in [0.15, 0.2) is 0 Å². The minimum Gasteiger partial charge on any atom is -0.453 e. The predicted molar refractivity (Wildman–Crippen MR) is 69.2 cm³/mol. The van der Waals surface area contributed by atoms with Crippen LogP contribution in [0.3, 0.4) is 0 Å². The summed E-state index contributed by atoms with van der Waals surface area (Å²) in [6, 6.07) is 0. The van der Waals surface area contributed by atoms with Crippen LogP contribution in [0.1, 0.15) is 33.1 Å². The van der Waals surface area contributed by atoms with Gasteiger partial charge >= 0.3 is 6.09 Å². The first-order chi connectivity index (χ1) is 8.54. The van der Waals surface area contributed by atoms with E-state index in [4.69, 9.17) is 0 Å². The third kappa shape index (κ3) is 4.55. The lowest BCUT2D eigenvalue weighted by atomic mass is 9.97. The number of hydrogen-bond acceptors (Lipinski definition) is 3. The second-order valence-electron chi connectivity index (χ2n) is 5.23. The van der Waals surface area contributed by atoms with Crippen molar-refractivity contribution in [2.75, 3.05) is 26.7 Å². The Labute approximate surface area is 109 Å². The summed E-state index contributed by atoms with van der Waals surface area (Å²) in [6.07, 6.45) is 2.35. The number of carbonyl (C=O) groups is 2. The molecule has 1 rings (SSSR count). The molecule has 0 aromatic heterocycles. The van der Waals surface area contributed by atoms with E-state index in [1.165, 1.54) is 7.11 Å². The standard InChI is InChI=1S/C13H24N2O3/c1-10(2)6-7-14-12(16)11-5-4-8-15(9-11)13(17)18-3/h10-11H,4-9H2,1-3H3,(H,14,16). The van der Waals surface area contributed by atoms with Crippen molar-refractivity contribution in [1.29, 1.82) is 0 Å². The van der Waals surface area contributed by atoms with E-state index < -0.39 is 0 Å². The third-order valence-electron chi connectivity index (χ3n) is 3.25. The molecule has 1 saturated heterocycles. The highest BCUT2D eigenvalue weighted by Crippen LogP contribution is 2.17. The Morgan fingerprint density at radius 1 is 1.44 bits per heavy atom. The van der Waals surface area contributed by atoms with Crippen molar-refractivity contribution in [3.63, 3.8) is 0 Å². The van der Waals surface area contributed by atoms with E-state index in [-0.39, 0.29) is 17.9 Å². The predicted octanol–water partition coefficient (Wildman–Crippen LogP) is 1.63. The van der Waals surface area contributed by atoms with Crippen LogP contribution in [-0.4, -0.2) is 43.6 Å². The zero-order valence-electron chi connectivity index (χ0n) is 11.6. The molecule has 104 valence electrons. The maximum Gasteiger partial charge on any atom is 0.409 e. The molecule has 0 aromatic carbocycles. The first kappa shape index (κ1) is 14.8. The lowest BCUT2D eigenvalue weighted by Gasteiger charge is -2.30. The van der Waals surface area contributed by atoms with E-state index in [2.05, 4.69) is 23.9 Å². The number of likely N-dealkylation sites (tertiary alicyclic amines) is 1. The monoisotopic (exact) mass is 256 g/mol. The van der Waals surface area contributed by atoms with Gasteiger partial charge in [-0.15, -0.1) is 0 Å². The quantitative estimate of drug-likeness (QED) is 0.831.